The van der Waals surface area contributed by atoms with Gasteiger partial charge in [0.1, 0.15) is 0 Å². The van der Waals surface area contributed by atoms with Gasteiger partial charge >= 0.3 is 0 Å². The minimum Gasteiger partial charge on any atom is -0.396 e. The van der Waals surface area contributed by atoms with Crippen molar-refractivity contribution in [2.75, 3.05) is 23.8 Å². The van der Waals surface area contributed by atoms with Gasteiger partial charge in [0.2, 0.25) is 5.95 Å². The number of nitrogens with zero attached hydrogens (tertiary/aromatic N) is 4. The number of aliphatic hydroxyl groups excluding tert-OH is 1. The van der Waals surface area contributed by atoms with E-state index < -0.39 is 0 Å². The van der Waals surface area contributed by atoms with E-state index in [2.05, 4.69) is 20.2 Å². The summed E-state index contributed by atoms with van der Waals surface area (Å²) in [6, 6.07) is 1.18. The van der Waals surface area contributed by atoms with E-state index in [0.717, 1.165) is 42.7 Å². The van der Waals surface area contributed by atoms with E-state index in [4.69, 9.17) is 20.8 Å². The average molecular weight is 374 g/mol. The second-order valence-corrected chi connectivity index (χ2v) is 7.92. The summed E-state index contributed by atoms with van der Waals surface area (Å²) in [4.78, 5) is 14.2. The van der Waals surface area contributed by atoms with E-state index in [1.165, 1.54) is 25.7 Å². The minimum absolute atomic E-state index is 0.158. The van der Waals surface area contributed by atoms with Crippen LogP contribution in [0.3, 0.4) is 0 Å². The van der Waals surface area contributed by atoms with Gasteiger partial charge in [0.25, 0.3) is 0 Å². The van der Waals surface area contributed by atoms with Gasteiger partial charge in [-0.15, -0.1) is 0 Å². The summed E-state index contributed by atoms with van der Waals surface area (Å²) in [5.41, 5.74) is 7.75. The molecular weight excluding hydrogens is 342 g/mol. The van der Waals surface area contributed by atoms with Crippen molar-refractivity contribution in [3.63, 3.8) is 0 Å². The lowest BCUT2D eigenvalue weighted by molar-refractivity contribution is 0.292. The number of aromatic nitrogens is 4. The Morgan fingerprint density at radius 2 is 1.89 bits per heavy atom. The number of imidazole rings is 1. The molecule has 0 radical (unpaired) electrons. The molecule has 27 heavy (non-hydrogen) atoms. The summed E-state index contributed by atoms with van der Waals surface area (Å²) in [5, 5.41) is 15.9. The summed E-state index contributed by atoms with van der Waals surface area (Å²) in [6.07, 6.45) is 11.7. The minimum atomic E-state index is 0.158. The lowest BCUT2D eigenvalue weighted by Crippen LogP contribution is -2.33. The van der Waals surface area contributed by atoms with Crippen molar-refractivity contribution < 1.29 is 5.11 Å². The largest absolute Gasteiger partial charge is 0.396 e. The number of fused-ring (bicyclic) bond motifs is 1. The average Bonchev–Trinajstić information content (AvgIpc) is 3.33. The summed E-state index contributed by atoms with van der Waals surface area (Å²) in [7, 11) is 0. The maximum absolute atomic E-state index is 9.08. The highest BCUT2D eigenvalue weighted by Crippen LogP contribution is 2.33. The third-order valence-corrected chi connectivity index (χ3v) is 5.87. The van der Waals surface area contributed by atoms with E-state index in [0.29, 0.717) is 37.0 Å². The van der Waals surface area contributed by atoms with Crippen LogP contribution in [0.15, 0.2) is 6.33 Å². The van der Waals surface area contributed by atoms with Gasteiger partial charge < -0.3 is 26.0 Å². The van der Waals surface area contributed by atoms with Gasteiger partial charge in [0.15, 0.2) is 17.0 Å². The standard InChI is InChI=1S/C19H31N7O/c20-13-6-8-14(9-7-13)23-19-24-17(21-10-3-11-27)16-18(25-19)26(12-22-16)15-4-1-2-5-15/h12-15,27H,1-11,20H2,(H2,21,23,24,25)/t13-,14-. The molecule has 0 aromatic carbocycles. The van der Waals surface area contributed by atoms with Crippen LogP contribution in [0.2, 0.25) is 0 Å². The summed E-state index contributed by atoms with van der Waals surface area (Å²) < 4.78 is 2.23. The third-order valence-electron chi connectivity index (χ3n) is 5.87. The Labute approximate surface area is 160 Å². The van der Waals surface area contributed by atoms with Gasteiger partial charge in [0.05, 0.1) is 6.33 Å². The van der Waals surface area contributed by atoms with Gasteiger partial charge in [-0.05, 0) is 44.9 Å². The zero-order valence-electron chi connectivity index (χ0n) is 15.9. The molecule has 0 atom stereocenters. The van der Waals surface area contributed by atoms with Gasteiger partial charge in [-0.1, -0.05) is 12.8 Å². The SMILES string of the molecule is N[C@H]1CC[C@H](Nc2nc(NCCCO)c3ncn(C4CCCC4)c3n2)CC1. The van der Waals surface area contributed by atoms with Crippen LogP contribution < -0.4 is 16.4 Å². The third kappa shape index (κ3) is 4.16. The number of aliphatic hydroxyl groups is 1. The summed E-state index contributed by atoms with van der Waals surface area (Å²) >= 11 is 0. The molecule has 5 N–H and O–H groups in total. The second-order valence-electron chi connectivity index (χ2n) is 7.92. The Morgan fingerprint density at radius 3 is 2.63 bits per heavy atom. The van der Waals surface area contributed by atoms with Crippen LogP contribution >= 0.6 is 0 Å². The zero-order valence-corrected chi connectivity index (χ0v) is 15.9. The first kappa shape index (κ1) is 18.4. The molecule has 2 aliphatic carbocycles. The lowest BCUT2D eigenvalue weighted by atomic mass is 9.92. The van der Waals surface area contributed by atoms with E-state index in [1.807, 2.05) is 6.33 Å². The first-order chi connectivity index (χ1) is 13.2. The fourth-order valence-corrected chi connectivity index (χ4v) is 4.29. The normalized spacial score (nSPS) is 23.8. The molecule has 2 aliphatic rings. The predicted octanol–water partition coefficient (Wildman–Crippen LogP) is 2.42. The van der Waals surface area contributed by atoms with Crippen molar-refractivity contribution in [2.45, 2.75) is 75.9 Å². The molecule has 148 valence electrons. The maximum Gasteiger partial charge on any atom is 0.227 e. The Hall–Kier alpha value is -1.93. The molecule has 2 saturated carbocycles. The number of nitrogens with two attached hydrogens (primary N) is 1. The molecule has 8 heteroatoms. The van der Waals surface area contributed by atoms with Crippen molar-refractivity contribution in [3.05, 3.63) is 6.33 Å². The molecular formula is C19H31N7O. The van der Waals surface area contributed by atoms with Crippen LogP contribution in [0.25, 0.3) is 11.2 Å². The molecule has 2 fully saturated rings. The first-order valence-corrected chi connectivity index (χ1v) is 10.4. The Bertz CT molecular complexity index is 748. The van der Waals surface area contributed by atoms with Crippen LogP contribution in [0, 0.1) is 0 Å². The molecule has 0 spiro atoms. The summed E-state index contributed by atoms with van der Waals surface area (Å²) in [5.74, 6) is 1.41. The number of rotatable bonds is 7. The Morgan fingerprint density at radius 1 is 1.11 bits per heavy atom. The zero-order chi connectivity index (χ0) is 18.6. The van der Waals surface area contributed by atoms with Crippen molar-refractivity contribution in [3.8, 4) is 0 Å². The van der Waals surface area contributed by atoms with Crippen molar-refractivity contribution in [1.29, 1.82) is 0 Å². The predicted molar refractivity (Wildman–Crippen MR) is 107 cm³/mol. The van der Waals surface area contributed by atoms with Crippen LogP contribution in [-0.4, -0.2) is 49.9 Å². The molecule has 0 aliphatic heterocycles. The maximum atomic E-state index is 9.08. The van der Waals surface area contributed by atoms with E-state index in [9.17, 15) is 0 Å². The van der Waals surface area contributed by atoms with Crippen LogP contribution in [0.5, 0.6) is 0 Å². The molecule has 2 heterocycles. The fraction of sp³-hybridized carbons (Fsp3) is 0.737. The fourth-order valence-electron chi connectivity index (χ4n) is 4.29. The monoisotopic (exact) mass is 373 g/mol. The first-order valence-electron chi connectivity index (χ1n) is 10.4. The molecule has 0 bridgehead atoms. The molecule has 8 nitrogen and oxygen atoms in total. The molecule has 2 aromatic rings. The summed E-state index contributed by atoms with van der Waals surface area (Å²) in [6.45, 7) is 0.821. The highest BCUT2D eigenvalue weighted by molar-refractivity contribution is 5.84. The molecule has 2 aromatic heterocycles. The number of hydrogen-bond donors (Lipinski definition) is 4. The van der Waals surface area contributed by atoms with Crippen molar-refractivity contribution >= 4 is 22.9 Å². The highest BCUT2D eigenvalue weighted by Gasteiger charge is 2.23. The topological polar surface area (TPSA) is 114 Å². The van der Waals surface area contributed by atoms with E-state index in [-0.39, 0.29) is 6.61 Å². The lowest BCUT2D eigenvalue weighted by Gasteiger charge is -2.27. The van der Waals surface area contributed by atoms with E-state index >= 15 is 0 Å². The molecule has 0 saturated heterocycles. The van der Waals surface area contributed by atoms with Crippen molar-refractivity contribution in [2.24, 2.45) is 5.73 Å². The van der Waals surface area contributed by atoms with Gasteiger partial charge in [-0.25, -0.2) is 4.98 Å². The second kappa shape index (κ2) is 8.39. The van der Waals surface area contributed by atoms with Crippen molar-refractivity contribution in [1.82, 2.24) is 19.5 Å². The number of hydrogen-bond acceptors (Lipinski definition) is 7. The van der Waals surface area contributed by atoms with Crippen LogP contribution in [0.4, 0.5) is 11.8 Å². The van der Waals surface area contributed by atoms with Gasteiger partial charge in [0, 0.05) is 31.3 Å². The molecule has 4 rings (SSSR count). The molecule has 0 unspecified atom stereocenters. The molecule has 0 amide bonds. The van der Waals surface area contributed by atoms with Gasteiger partial charge in [-0.2, -0.15) is 9.97 Å². The Balaban J connectivity index is 1.62. The van der Waals surface area contributed by atoms with Crippen LogP contribution in [-0.2, 0) is 0 Å². The Kier molecular flexibility index (Phi) is 5.73. The quantitative estimate of drug-likeness (QED) is 0.551. The number of anilines is 2. The van der Waals surface area contributed by atoms with E-state index in [1.54, 1.807) is 0 Å². The number of nitrogens with one attached hydrogen (secondary N) is 2. The van der Waals surface area contributed by atoms with Gasteiger partial charge in [-0.3, -0.25) is 0 Å². The van der Waals surface area contributed by atoms with Crippen LogP contribution in [0.1, 0.15) is 63.8 Å². The smallest absolute Gasteiger partial charge is 0.227 e. The highest BCUT2D eigenvalue weighted by atomic mass is 16.3.